The molecule has 28 heavy (non-hydrogen) atoms. The maximum Gasteiger partial charge on any atom is 0.338 e. The van der Waals surface area contributed by atoms with Crippen molar-refractivity contribution in [2.75, 3.05) is 11.6 Å². The molecule has 0 spiro atoms. The summed E-state index contributed by atoms with van der Waals surface area (Å²) in [4.78, 5) is 24.7. The van der Waals surface area contributed by atoms with Crippen LogP contribution in [0.1, 0.15) is 40.4 Å². The number of benzene rings is 2. The number of carbonyl (C=O) groups excluding carboxylic acids is 2. The van der Waals surface area contributed by atoms with Crippen LogP contribution in [-0.2, 0) is 38.0 Å². The minimum absolute atomic E-state index is 0.164. The van der Waals surface area contributed by atoms with Crippen LogP contribution in [0.4, 0.5) is 5.69 Å². The fourth-order valence-electron chi connectivity index (χ4n) is 3.27. The number of fused-ring (bicyclic) bond motifs is 1. The fourth-order valence-corrected chi connectivity index (χ4v) is 4.05. The van der Waals surface area contributed by atoms with Gasteiger partial charge in [-0.25, -0.2) is 13.2 Å². The van der Waals surface area contributed by atoms with Crippen molar-refractivity contribution in [2.45, 2.75) is 38.0 Å². The van der Waals surface area contributed by atoms with Gasteiger partial charge in [0.1, 0.15) is 0 Å². The Morgan fingerprint density at radius 3 is 2.61 bits per heavy atom. The molecule has 7 heteroatoms. The maximum atomic E-state index is 12.4. The average molecular weight is 401 g/mol. The molecule has 0 aliphatic heterocycles. The van der Waals surface area contributed by atoms with Gasteiger partial charge in [-0.3, -0.25) is 4.79 Å². The van der Waals surface area contributed by atoms with Gasteiger partial charge in [0.15, 0.2) is 15.9 Å². The number of aryl methyl sites for hydroxylation is 2. The summed E-state index contributed by atoms with van der Waals surface area (Å²) in [6, 6.07) is 12.0. The lowest BCUT2D eigenvalue weighted by Crippen LogP contribution is -2.30. The van der Waals surface area contributed by atoms with Gasteiger partial charge in [0, 0.05) is 11.9 Å². The first-order valence-corrected chi connectivity index (χ1v) is 11.2. The highest BCUT2D eigenvalue weighted by Gasteiger charge is 2.20. The summed E-state index contributed by atoms with van der Waals surface area (Å²) < 4.78 is 28.1. The summed E-state index contributed by atoms with van der Waals surface area (Å²) >= 11 is 0. The number of hydrogen-bond acceptors (Lipinski definition) is 5. The second-order valence-electron chi connectivity index (χ2n) is 7.14. The van der Waals surface area contributed by atoms with E-state index >= 15 is 0 Å². The fraction of sp³-hybridized carbons (Fsp3) is 0.333. The Hall–Kier alpha value is -2.67. The first-order chi connectivity index (χ1) is 13.2. The van der Waals surface area contributed by atoms with Crippen molar-refractivity contribution in [1.82, 2.24) is 0 Å². The average Bonchev–Trinajstić information content (AvgIpc) is 3.08. The third kappa shape index (κ3) is 5.19. The second kappa shape index (κ2) is 8.14. The third-order valence-electron chi connectivity index (χ3n) is 4.61. The second-order valence-corrected chi connectivity index (χ2v) is 9.28. The molecule has 0 saturated carbocycles. The molecule has 3 rings (SSSR count). The van der Waals surface area contributed by atoms with Crippen LogP contribution < -0.4 is 5.32 Å². The molecule has 0 bridgehead atoms. The Morgan fingerprint density at radius 1 is 1.11 bits per heavy atom. The van der Waals surface area contributed by atoms with E-state index in [4.69, 9.17) is 4.74 Å². The first-order valence-electron chi connectivity index (χ1n) is 9.11. The molecule has 148 valence electrons. The van der Waals surface area contributed by atoms with E-state index in [1.54, 1.807) is 12.1 Å². The SMILES string of the molecule is C[C@H](OC(=O)c1cccc(CS(C)(=O)=O)c1)C(=O)Nc1ccc2c(c1)CCC2. The monoisotopic (exact) mass is 401 g/mol. The molecule has 1 amide bonds. The van der Waals surface area contributed by atoms with E-state index in [0.717, 1.165) is 25.5 Å². The molecule has 1 aliphatic rings. The Bertz CT molecular complexity index is 1010. The highest BCUT2D eigenvalue weighted by molar-refractivity contribution is 7.89. The van der Waals surface area contributed by atoms with Gasteiger partial charge in [0.05, 0.1) is 11.3 Å². The highest BCUT2D eigenvalue weighted by Crippen LogP contribution is 2.25. The number of amides is 1. The molecule has 2 aromatic carbocycles. The largest absolute Gasteiger partial charge is 0.449 e. The predicted octanol–water partition coefficient (Wildman–Crippen LogP) is 2.90. The molecule has 0 unspecified atom stereocenters. The molecular weight excluding hydrogens is 378 g/mol. The molecule has 1 atom stereocenters. The molecule has 0 radical (unpaired) electrons. The number of hydrogen-bond donors (Lipinski definition) is 1. The van der Waals surface area contributed by atoms with E-state index in [2.05, 4.69) is 5.32 Å². The van der Waals surface area contributed by atoms with E-state index in [1.165, 1.54) is 30.2 Å². The van der Waals surface area contributed by atoms with Crippen molar-refractivity contribution in [2.24, 2.45) is 0 Å². The summed E-state index contributed by atoms with van der Waals surface area (Å²) in [5, 5.41) is 2.78. The zero-order valence-electron chi connectivity index (χ0n) is 15.9. The van der Waals surface area contributed by atoms with Crippen LogP contribution in [0.15, 0.2) is 42.5 Å². The Labute approximate surface area is 164 Å². The van der Waals surface area contributed by atoms with Crippen LogP contribution in [0.2, 0.25) is 0 Å². The van der Waals surface area contributed by atoms with Crippen LogP contribution in [-0.4, -0.2) is 32.7 Å². The van der Waals surface area contributed by atoms with Gasteiger partial charge in [0.2, 0.25) is 0 Å². The molecule has 6 nitrogen and oxygen atoms in total. The molecular formula is C21H23NO5S. The lowest BCUT2D eigenvalue weighted by molar-refractivity contribution is -0.123. The van der Waals surface area contributed by atoms with Crippen LogP contribution in [0.3, 0.4) is 0 Å². The predicted molar refractivity (Wildman–Crippen MR) is 107 cm³/mol. The lowest BCUT2D eigenvalue weighted by atomic mass is 10.1. The molecule has 0 aromatic heterocycles. The van der Waals surface area contributed by atoms with Crippen molar-refractivity contribution in [1.29, 1.82) is 0 Å². The normalized spacial score (nSPS) is 14.2. The summed E-state index contributed by atoms with van der Waals surface area (Å²) in [6.07, 6.45) is 3.34. The van der Waals surface area contributed by atoms with Crippen molar-refractivity contribution >= 4 is 27.4 Å². The number of carbonyl (C=O) groups is 2. The van der Waals surface area contributed by atoms with E-state index in [1.807, 2.05) is 18.2 Å². The van der Waals surface area contributed by atoms with Gasteiger partial charge < -0.3 is 10.1 Å². The molecule has 2 aromatic rings. The number of anilines is 1. The number of rotatable bonds is 6. The van der Waals surface area contributed by atoms with E-state index < -0.39 is 27.8 Å². The van der Waals surface area contributed by atoms with Crippen molar-refractivity contribution in [3.8, 4) is 0 Å². The van der Waals surface area contributed by atoms with Gasteiger partial charge in [0.25, 0.3) is 5.91 Å². The highest BCUT2D eigenvalue weighted by atomic mass is 32.2. The minimum Gasteiger partial charge on any atom is -0.449 e. The molecule has 1 aliphatic carbocycles. The topological polar surface area (TPSA) is 89.5 Å². The lowest BCUT2D eigenvalue weighted by Gasteiger charge is -2.14. The minimum atomic E-state index is -3.21. The molecule has 0 fully saturated rings. The molecule has 0 saturated heterocycles. The van der Waals surface area contributed by atoms with Crippen LogP contribution >= 0.6 is 0 Å². The number of ether oxygens (including phenoxy) is 1. The summed E-state index contributed by atoms with van der Waals surface area (Å²) in [5.41, 5.74) is 3.94. The zero-order valence-corrected chi connectivity index (χ0v) is 16.7. The van der Waals surface area contributed by atoms with Gasteiger partial charge >= 0.3 is 5.97 Å². The maximum absolute atomic E-state index is 12.4. The Balaban J connectivity index is 1.62. The quantitative estimate of drug-likeness (QED) is 0.752. The zero-order chi connectivity index (χ0) is 20.3. The number of nitrogens with one attached hydrogen (secondary N) is 1. The van der Waals surface area contributed by atoms with E-state index in [0.29, 0.717) is 11.3 Å². The van der Waals surface area contributed by atoms with Gasteiger partial charge in [-0.2, -0.15) is 0 Å². The van der Waals surface area contributed by atoms with Crippen molar-refractivity contribution in [3.05, 3.63) is 64.7 Å². The number of sulfone groups is 1. The number of esters is 1. The van der Waals surface area contributed by atoms with Crippen LogP contribution in [0, 0.1) is 0 Å². The molecule has 0 heterocycles. The summed E-state index contributed by atoms with van der Waals surface area (Å²) in [5.74, 6) is -1.26. The van der Waals surface area contributed by atoms with Crippen LogP contribution in [0.25, 0.3) is 0 Å². The van der Waals surface area contributed by atoms with Gasteiger partial charge in [-0.1, -0.05) is 18.2 Å². The van der Waals surface area contributed by atoms with Crippen LogP contribution in [0.5, 0.6) is 0 Å². The van der Waals surface area contributed by atoms with Crippen molar-refractivity contribution in [3.63, 3.8) is 0 Å². The molecule has 1 N–H and O–H groups in total. The third-order valence-corrected chi connectivity index (χ3v) is 5.47. The summed E-state index contributed by atoms with van der Waals surface area (Å²) in [7, 11) is -3.21. The van der Waals surface area contributed by atoms with Gasteiger partial charge in [-0.15, -0.1) is 0 Å². The first kappa shape index (κ1) is 20.1. The van der Waals surface area contributed by atoms with Crippen molar-refractivity contribution < 1.29 is 22.7 Å². The Morgan fingerprint density at radius 2 is 1.86 bits per heavy atom. The summed E-state index contributed by atoms with van der Waals surface area (Å²) in [6.45, 7) is 1.50. The van der Waals surface area contributed by atoms with E-state index in [-0.39, 0.29) is 11.3 Å². The standard InChI is InChI=1S/C21H23NO5S/c1-14(20(23)22-19-10-9-16-6-4-7-17(16)12-19)27-21(24)18-8-3-5-15(11-18)13-28(2,25)26/h3,5,8-12,14H,4,6-7,13H2,1-2H3,(H,22,23)/t14-/m0/s1. The Kier molecular flexibility index (Phi) is 5.84. The van der Waals surface area contributed by atoms with Gasteiger partial charge in [-0.05, 0) is 67.1 Å². The van der Waals surface area contributed by atoms with E-state index in [9.17, 15) is 18.0 Å². The smallest absolute Gasteiger partial charge is 0.338 e.